The maximum absolute atomic E-state index is 13.4. The van der Waals surface area contributed by atoms with Crippen molar-refractivity contribution in [3.05, 3.63) is 68.6 Å². The lowest BCUT2D eigenvalue weighted by molar-refractivity contribution is 0.0987. The van der Waals surface area contributed by atoms with E-state index in [1.54, 1.807) is 19.2 Å². The smallest absolute Gasteiger partial charge is 0.270 e. The van der Waals surface area contributed by atoms with Crippen molar-refractivity contribution in [2.45, 2.75) is 26.4 Å². The zero-order valence-corrected chi connectivity index (χ0v) is 17.8. The van der Waals surface area contributed by atoms with E-state index in [-0.39, 0.29) is 5.91 Å². The molecule has 5 nitrogen and oxygen atoms in total. The first-order chi connectivity index (χ1) is 14.1. The van der Waals surface area contributed by atoms with Gasteiger partial charge in [-0.1, -0.05) is 23.7 Å². The van der Waals surface area contributed by atoms with Crippen molar-refractivity contribution < 1.29 is 14.3 Å². The number of para-hydroxylation sites is 1. The quantitative estimate of drug-likeness (QED) is 0.554. The number of fused-ring (bicyclic) bond motifs is 1. The molecule has 1 amide bonds. The highest BCUT2D eigenvalue weighted by atomic mass is 35.5. The molecule has 3 aromatic rings. The molecular weight excluding hydrogens is 408 g/mol. The third-order valence-corrected chi connectivity index (χ3v) is 6.23. The summed E-state index contributed by atoms with van der Waals surface area (Å²) in [7, 11) is 1.64. The fraction of sp³-hybridized carbons (Fsp3) is 0.273. The number of halogens is 1. The van der Waals surface area contributed by atoms with Crippen molar-refractivity contribution in [3.8, 4) is 11.5 Å². The maximum atomic E-state index is 13.4. The predicted octanol–water partition coefficient (Wildman–Crippen LogP) is 5.29. The molecule has 150 valence electrons. The number of hydrogen-bond acceptors (Lipinski definition) is 5. The Kier molecular flexibility index (Phi) is 5.74. The fourth-order valence-corrected chi connectivity index (χ4v) is 4.55. The van der Waals surface area contributed by atoms with Gasteiger partial charge in [-0.3, -0.25) is 4.79 Å². The average Bonchev–Trinajstić information content (AvgIpc) is 3.12. The molecule has 0 saturated heterocycles. The molecule has 29 heavy (non-hydrogen) atoms. The Morgan fingerprint density at radius 3 is 2.79 bits per heavy atom. The van der Waals surface area contributed by atoms with E-state index in [1.165, 1.54) is 11.3 Å². The highest BCUT2D eigenvalue weighted by Crippen LogP contribution is 2.37. The second-order valence-corrected chi connectivity index (χ2v) is 8.31. The molecule has 2 heterocycles. The number of aryl methyl sites for hydroxylation is 2. The molecule has 0 aliphatic carbocycles. The lowest BCUT2D eigenvalue weighted by Crippen LogP contribution is -2.35. The molecule has 0 radical (unpaired) electrons. The van der Waals surface area contributed by atoms with E-state index < -0.39 is 0 Å². The maximum Gasteiger partial charge on any atom is 0.270 e. The van der Waals surface area contributed by atoms with E-state index in [2.05, 4.69) is 11.1 Å². The van der Waals surface area contributed by atoms with Crippen LogP contribution in [0.5, 0.6) is 11.5 Å². The number of hydrogen-bond donors (Lipinski definition) is 0. The molecule has 0 spiro atoms. The lowest BCUT2D eigenvalue weighted by Gasteiger charge is -2.30. The van der Waals surface area contributed by atoms with Gasteiger partial charge in [-0.05, 0) is 55.7 Å². The van der Waals surface area contributed by atoms with Gasteiger partial charge in [0.05, 0.1) is 18.5 Å². The zero-order chi connectivity index (χ0) is 20.4. The molecule has 0 fully saturated rings. The van der Waals surface area contributed by atoms with Crippen molar-refractivity contribution >= 4 is 34.5 Å². The van der Waals surface area contributed by atoms with Crippen LogP contribution >= 0.6 is 22.9 Å². The Balaban J connectivity index is 1.55. The SMILES string of the molecule is COc1cccc2c1N(C(=O)c1sc(COc3ccc(Cl)cc3)nc1C)CCC2. The summed E-state index contributed by atoms with van der Waals surface area (Å²) in [5.41, 5.74) is 2.73. The van der Waals surface area contributed by atoms with E-state index in [1.807, 2.05) is 36.1 Å². The molecular formula is C22H21ClN2O3S. The molecule has 1 aromatic heterocycles. The molecule has 0 N–H and O–H groups in total. The number of amides is 1. The number of nitrogens with zero attached hydrogens (tertiary/aromatic N) is 2. The molecule has 4 rings (SSSR count). The summed E-state index contributed by atoms with van der Waals surface area (Å²) in [6.45, 7) is 2.84. The van der Waals surface area contributed by atoms with Gasteiger partial charge in [-0.2, -0.15) is 0 Å². The summed E-state index contributed by atoms with van der Waals surface area (Å²) in [5, 5.41) is 1.42. The van der Waals surface area contributed by atoms with Crippen LogP contribution in [-0.2, 0) is 13.0 Å². The summed E-state index contributed by atoms with van der Waals surface area (Å²) in [6, 6.07) is 13.1. The van der Waals surface area contributed by atoms with Gasteiger partial charge in [0.1, 0.15) is 28.0 Å². The predicted molar refractivity (Wildman–Crippen MR) is 116 cm³/mol. The summed E-state index contributed by atoms with van der Waals surface area (Å²) >= 11 is 7.28. The molecule has 0 atom stereocenters. The number of ether oxygens (including phenoxy) is 2. The van der Waals surface area contributed by atoms with Crippen molar-refractivity contribution in [3.63, 3.8) is 0 Å². The van der Waals surface area contributed by atoms with Crippen LogP contribution < -0.4 is 14.4 Å². The van der Waals surface area contributed by atoms with Crippen LogP contribution in [0, 0.1) is 6.92 Å². The van der Waals surface area contributed by atoms with Gasteiger partial charge in [0.25, 0.3) is 5.91 Å². The number of anilines is 1. The summed E-state index contributed by atoms with van der Waals surface area (Å²) < 4.78 is 11.3. The van der Waals surface area contributed by atoms with Gasteiger partial charge >= 0.3 is 0 Å². The number of aromatic nitrogens is 1. The standard InChI is InChI=1S/C22H21ClN2O3S/c1-14-21(29-19(24-14)13-28-17-10-8-16(23)9-11-17)22(26)25-12-4-6-15-5-3-7-18(27-2)20(15)25/h3,5,7-11H,4,6,12-13H2,1-2H3. The molecule has 2 aromatic carbocycles. The minimum Gasteiger partial charge on any atom is -0.495 e. The first-order valence-electron chi connectivity index (χ1n) is 9.39. The molecule has 1 aliphatic rings. The second-order valence-electron chi connectivity index (χ2n) is 6.79. The van der Waals surface area contributed by atoms with Crippen LogP contribution in [0.25, 0.3) is 0 Å². The van der Waals surface area contributed by atoms with Crippen molar-refractivity contribution in [2.24, 2.45) is 0 Å². The Morgan fingerprint density at radius 1 is 1.24 bits per heavy atom. The number of carbonyl (C=O) groups is 1. The monoisotopic (exact) mass is 428 g/mol. The molecule has 7 heteroatoms. The third kappa shape index (κ3) is 4.09. The zero-order valence-electron chi connectivity index (χ0n) is 16.3. The summed E-state index contributed by atoms with van der Waals surface area (Å²) in [6.07, 6.45) is 1.87. The van der Waals surface area contributed by atoms with Crippen LogP contribution in [0.3, 0.4) is 0 Å². The van der Waals surface area contributed by atoms with Gasteiger partial charge in [0, 0.05) is 11.6 Å². The summed E-state index contributed by atoms with van der Waals surface area (Å²) in [5.74, 6) is 1.40. The fourth-order valence-electron chi connectivity index (χ4n) is 3.49. The number of methoxy groups -OCH3 is 1. The van der Waals surface area contributed by atoms with Crippen molar-refractivity contribution in [1.82, 2.24) is 4.98 Å². The van der Waals surface area contributed by atoms with Crippen LogP contribution in [0.4, 0.5) is 5.69 Å². The van der Waals surface area contributed by atoms with Crippen LogP contribution in [0.1, 0.15) is 32.4 Å². The molecule has 0 saturated carbocycles. The number of rotatable bonds is 5. The summed E-state index contributed by atoms with van der Waals surface area (Å²) in [4.78, 5) is 20.4. The highest BCUT2D eigenvalue weighted by molar-refractivity contribution is 7.13. The van der Waals surface area contributed by atoms with E-state index in [0.29, 0.717) is 28.8 Å². The second kappa shape index (κ2) is 8.43. The Bertz CT molecular complexity index is 1020. The van der Waals surface area contributed by atoms with E-state index in [4.69, 9.17) is 21.1 Å². The average molecular weight is 429 g/mol. The molecule has 0 bridgehead atoms. The van der Waals surface area contributed by atoms with E-state index in [0.717, 1.165) is 40.5 Å². The normalized spacial score (nSPS) is 13.1. The van der Waals surface area contributed by atoms with Crippen molar-refractivity contribution in [1.29, 1.82) is 0 Å². The Hall–Kier alpha value is -2.57. The third-order valence-electron chi connectivity index (χ3n) is 4.86. The van der Waals surface area contributed by atoms with E-state index in [9.17, 15) is 4.79 Å². The van der Waals surface area contributed by atoms with Gasteiger partial charge in [-0.15, -0.1) is 11.3 Å². The topological polar surface area (TPSA) is 51.7 Å². The van der Waals surface area contributed by atoms with E-state index >= 15 is 0 Å². The minimum absolute atomic E-state index is 0.0387. The largest absolute Gasteiger partial charge is 0.495 e. The van der Waals surface area contributed by atoms with Gasteiger partial charge in [0.2, 0.25) is 0 Å². The van der Waals surface area contributed by atoms with Gasteiger partial charge in [0.15, 0.2) is 0 Å². The van der Waals surface area contributed by atoms with Crippen LogP contribution in [0.15, 0.2) is 42.5 Å². The molecule has 0 unspecified atom stereocenters. The van der Waals surface area contributed by atoms with Crippen LogP contribution in [0.2, 0.25) is 5.02 Å². The first kappa shape index (κ1) is 19.7. The molecule has 1 aliphatic heterocycles. The van der Waals surface area contributed by atoms with Gasteiger partial charge < -0.3 is 14.4 Å². The highest BCUT2D eigenvalue weighted by Gasteiger charge is 2.29. The van der Waals surface area contributed by atoms with Gasteiger partial charge in [-0.25, -0.2) is 4.98 Å². The number of benzene rings is 2. The Labute approximate surface area is 178 Å². The number of thiazole rings is 1. The lowest BCUT2D eigenvalue weighted by atomic mass is 10.0. The number of carbonyl (C=O) groups excluding carboxylic acids is 1. The first-order valence-corrected chi connectivity index (χ1v) is 10.6. The van der Waals surface area contributed by atoms with Crippen LogP contribution in [-0.4, -0.2) is 24.5 Å². The van der Waals surface area contributed by atoms with Crippen molar-refractivity contribution in [2.75, 3.05) is 18.6 Å². The minimum atomic E-state index is -0.0387. The Morgan fingerprint density at radius 2 is 2.03 bits per heavy atom.